The summed E-state index contributed by atoms with van der Waals surface area (Å²) in [4.78, 5) is 16.3. The van der Waals surface area contributed by atoms with Gasteiger partial charge >= 0.3 is 5.97 Å². The lowest BCUT2D eigenvalue weighted by Crippen LogP contribution is -2.39. The quantitative estimate of drug-likeness (QED) is 0.571. The summed E-state index contributed by atoms with van der Waals surface area (Å²) in [5.74, 6) is 0.0384. The lowest BCUT2D eigenvalue weighted by atomic mass is 9.99. The topological polar surface area (TPSA) is 32.8 Å². The van der Waals surface area contributed by atoms with Crippen LogP contribution in [0.4, 0.5) is 0 Å². The highest BCUT2D eigenvalue weighted by Gasteiger charge is 2.22. The number of carbonyl (C=O) groups excluding carboxylic acids is 1. The van der Waals surface area contributed by atoms with Crippen molar-refractivity contribution in [3.63, 3.8) is 0 Å². The Balaban J connectivity index is 4.40. The second-order valence-corrected chi connectivity index (χ2v) is 5.83. The summed E-state index contributed by atoms with van der Waals surface area (Å²) in [6, 6.07) is 0. The second-order valence-electron chi connectivity index (χ2n) is 5.83. The van der Waals surface area contributed by atoms with E-state index in [0.717, 1.165) is 38.8 Å². The Morgan fingerprint density at radius 2 is 1.58 bits per heavy atom. The van der Waals surface area contributed by atoms with Crippen molar-refractivity contribution in [3.05, 3.63) is 0 Å². The molecule has 0 saturated heterocycles. The highest BCUT2D eigenvalue weighted by Crippen LogP contribution is 2.15. The third-order valence-electron chi connectivity index (χ3n) is 3.15. The summed E-state index contributed by atoms with van der Waals surface area (Å²) < 4.78 is 5.70. The Kier molecular flexibility index (Phi) is 9.88. The largest absolute Gasteiger partial charge is 0.459 e. The van der Waals surface area contributed by atoms with E-state index in [-0.39, 0.29) is 18.0 Å². The van der Waals surface area contributed by atoms with E-state index in [1.54, 1.807) is 0 Å². The SMILES string of the molecule is CCCCC(CC)C(=O)OC(CN(C)C)CN(C)C. The van der Waals surface area contributed by atoms with Gasteiger partial charge < -0.3 is 14.5 Å². The van der Waals surface area contributed by atoms with Crippen molar-refractivity contribution in [2.24, 2.45) is 5.92 Å². The van der Waals surface area contributed by atoms with Crippen LogP contribution in [0, 0.1) is 5.92 Å². The van der Waals surface area contributed by atoms with Gasteiger partial charge in [-0.1, -0.05) is 26.7 Å². The highest BCUT2D eigenvalue weighted by atomic mass is 16.5. The monoisotopic (exact) mass is 272 g/mol. The van der Waals surface area contributed by atoms with E-state index in [9.17, 15) is 4.79 Å². The zero-order valence-electron chi connectivity index (χ0n) is 13.6. The minimum atomic E-state index is -0.0480. The zero-order valence-corrected chi connectivity index (χ0v) is 13.6. The van der Waals surface area contributed by atoms with Crippen LogP contribution in [0.25, 0.3) is 0 Å². The molecule has 0 saturated carbocycles. The van der Waals surface area contributed by atoms with E-state index in [1.807, 2.05) is 28.2 Å². The maximum Gasteiger partial charge on any atom is 0.309 e. The number of rotatable bonds is 10. The molecule has 0 aliphatic rings. The molecule has 0 spiro atoms. The molecule has 0 radical (unpaired) electrons. The van der Waals surface area contributed by atoms with Gasteiger partial charge in [0, 0.05) is 13.1 Å². The van der Waals surface area contributed by atoms with Crippen LogP contribution < -0.4 is 0 Å². The fourth-order valence-corrected chi connectivity index (χ4v) is 2.15. The first-order chi connectivity index (χ1) is 8.90. The number of nitrogens with zero attached hydrogens (tertiary/aromatic N) is 2. The van der Waals surface area contributed by atoms with Crippen LogP contribution in [0.1, 0.15) is 39.5 Å². The number of ether oxygens (including phenoxy) is 1. The Labute approximate surface area is 119 Å². The molecule has 0 heterocycles. The smallest absolute Gasteiger partial charge is 0.309 e. The molecule has 0 aliphatic heterocycles. The molecule has 0 rings (SSSR count). The molecule has 4 nitrogen and oxygen atoms in total. The molecule has 1 atom stereocenters. The average molecular weight is 272 g/mol. The van der Waals surface area contributed by atoms with Crippen molar-refractivity contribution in [1.82, 2.24) is 9.80 Å². The highest BCUT2D eigenvalue weighted by molar-refractivity contribution is 5.72. The Hall–Kier alpha value is -0.610. The summed E-state index contributed by atoms with van der Waals surface area (Å²) in [6.07, 6.45) is 3.99. The van der Waals surface area contributed by atoms with E-state index in [0.29, 0.717) is 0 Å². The van der Waals surface area contributed by atoms with Gasteiger partial charge in [0.1, 0.15) is 6.10 Å². The molecular weight excluding hydrogens is 240 g/mol. The van der Waals surface area contributed by atoms with Crippen LogP contribution in [0.2, 0.25) is 0 Å². The molecule has 0 fully saturated rings. The minimum absolute atomic E-state index is 0.0235. The number of esters is 1. The van der Waals surface area contributed by atoms with E-state index in [2.05, 4.69) is 23.6 Å². The predicted octanol–water partition coefficient (Wildman–Crippen LogP) is 2.24. The van der Waals surface area contributed by atoms with Crippen LogP contribution >= 0.6 is 0 Å². The van der Waals surface area contributed by atoms with E-state index >= 15 is 0 Å². The maximum absolute atomic E-state index is 12.2. The second kappa shape index (κ2) is 10.2. The third-order valence-corrected chi connectivity index (χ3v) is 3.15. The molecule has 4 heteroatoms. The van der Waals surface area contributed by atoms with Gasteiger partial charge in [-0.25, -0.2) is 0 Å². The van der Waals surface area contributed by atoms with Crippen LogP contribution in [0.15, 0.2) is 0 Å². The molecule has 114 valence electrons. The molecule has 0 amide bonds. The number of carbonyl (C=O) groups is 1. The number of unbranched alkanes of at least 4 members (excludes halogenated alkanes) is 1. The average Bonchev–Trinajstić information content (AvgIpc) is 2.28. The molecular formula is C15H32N2O2. The lowest BCUT2D eigenvalue weighted by Gasteiger charge is -2.26. The first kappa shape index (κ1) is 18.4. The third kappa shape index (κ3) is 9.00. The van der Waals surface area contributed by atoms with E-state index in [4.69, 9.17) is 4.74 Å². The molecule has 0 N–H and O–H groups in total. The van der Waals surface area contributed by atoms with Gasteiger partial charge in [-0.05, 0) is 41.0 Å². The molecule has 1 unspecified atom stereocenters. The minimum Gasteiger partial charge on any atom is -0.459 e. The van der Waals surface area contributed by atoms with Gasteiger partial charge in [0.15, 0.2) is 0 Å². The summed E-state index contributed by atoms with van der Waals surface area (Å²) in [6.45, 7) is 5.76. The van der Waals surface area contributed by atoms with Crippen molar-refractivity contribution in [2.45, 2.75) is 45.6 Å². The molecule has 19 heavy (non-hydrogen) atoms. The van der Waals surface area contributed by atoms with Crippen molar-refractivity contribution >= 4 is 5.97 Å². The zero-order chi connectivity index (χ0) is 14.8. The van der Waals surface area contributed by atoms with E-state index < -0.39 is 0 Å². The Morgan fingerprint density at radius 3 is 1.95 bits per heavy atom. The summed E-state index contributed by atoms with van der Waals surface area (Å²) >= 11 is 0. The molecule has 0 aliphatic carbocycles. The number of hydrogen-bond donors (Lipinski definition) is 0. The van der Waals surface area contributed by atoms with Crippen LogP contribution in [-0.4, -0.2) is 63.2 Å². The first-order valence-electron chi connectivity index (χ1n) is 7.40. The summed E-state index contributed by atoms with van der Waals surface area (Å²) in [5, 5.41) is 0. The molecule has 0 bridgehead atoms. The Bertz CT molecular complexity index is 232. The van der Waals surface area contributed by atoms with Crippen molar-refractivity contribution < 1.29 is 9.53 Å². The van der Waals surface area contributed by atoms with Gasteiger partial charge in [0.25, 0.3) is 0 Å². The van der Waals surface area contributed by atoms with Gasteiger partial charge in [-0.15, -0.1) is 0 Å². The van der Waals surface area contributed by atoms with Crippen LogP contribution in [0.3, 0.4) is 0 Å². The van der Waals surface area contributed by atoms with E-state index in [1.165, 1.54) is 0 Å². The van der Waals surface area contributed by atoms with Crippen molar-refractivity contribution in [3.8, 4) is 0 Å². The van der Waals surface area contributed by atoms with Gasteiger partial charge in [0.2, 0.25) is 0 Å². The Morgan fingerprint density at radius 1 is 1.05 bits per heavy atom. The summed E-state index contributed by atoms with van der Waals surface area (Å²) in [7, 11) is 8.02. The normalized spacial score (nSPS) is 13.3. The van der Waals surface area contributed by atoms with Crippen molar-refractivity contribution in [1.29, 1.82) is 0 Å². The maximum atomic E-state index is 12.2. The fourth-order valence-electron chi connectivity index (χ4n) is 2.15. The van der Waals surface area contributed by atoms with Crippen LogP contribution in [-0.2, 0) is 9.53 Å². The van der Waals surface area contributed by atoms with Gasteiger partial charge in [-0.3, -0.25) is 4.79 Å². The van der Waals surface area contributed by atoms with Crippen LogP contribution in [0.5, 0.6) is 0 Å². The van der Waals surface area contributed by atoms with Gasteiger partial charge in [-0.2, -0.15) is 0 Å². The fraction of sp³-hybridized carbons (Fsp3) is 0.933. The van der Waals surface area contributed by atoms with Gasteiger partial charge in [0.05, 0.1) is 5.92 Å². The standard InChI is InChI=1S/C15H32N2O2/c1-7-9-10-13(8-2)15(18)19-14(11-16(3)4)12-17(5)6/h13-14H,7-12H2,1-6H3. The molecule has 0 aromatic carbocycles. The summed E-state index contributed by atoms with van der Waals surface area (Å²) in [5.41, 5.74) is 0. The number of likely N-dealkylation sites (N-methyl/N-ethyl adjacent to an activating group) is 2. The van der Waals surface area contributed by atoms with Crippen molar-refractivity contribution in [2.75, 3.05) is 41.3 Å². The lowest BCUT2D eigenvalue weighted by molar-refractivity contribution is -0.155. The first-order valence-corrected chi connectivity index (χ1v) is 7.40. The predicted molar refractivity (Wildman–Crippen MR) is 80.3 cm³/mol. The number of hydrogen-bond acceptors (Lipinski definition) is 4. The molecule has 0 aromatic heterocycles. The molecule has 0 aromatic rings.